The summed E-state index contributed by atoms with van der Waals surface area (Å²) < 4.78 is 0. The molecule has 2 aromatic heterocycles. The van der Waals surface area contributed by atoms with Crippen molar-refractivity contribution in [2.45, 2.75) is 26.9 Å². The molecule has 0 saturated heterocycles. The molecule has 0 bridgehead atoms. The molecule has 5 aromatic rings. The van der Waals surface area contributed by atoms with Crippen LogP contribution in [0.4, 0.5) is 34.4 Å². The van der Waals surface area contributed by atoms with E-state index in [-0.39, 0.29) is 6.17 Å². The number of aryl methyl sites for hydroxylation is 1. The lowest BCUT2D eigenvalue weighted by molar-refractivity contribution is 0.729. The fourth-order valence-electron chi connectivity index (χ4n) is 5.87. The highest BCUT2D eigenvalue weighted by Gasteiger charge is 2.36. The van der Waals surface area contributed by atoms with Gasteiger partial charge < -0.3 is 19.6 Å². The van der Waals surface area contributed by atoms with Crippen LogP contribution >= 0.6 is 0 Å². The van der Waals surface area contributed by atoms with Crippen LogP contribution in [0.1, 0.15) is 18.1 Å². The summed E-state index contributed by atoms with van der Waals surface area (Å²) in [5.74, 6) is 2.02. The Bertz CT molecular complexity index is 1710. The Morgan fingerprint density at radius 2 is 1.30 bits per heavy atom. The predicted molar refractivity (Wildman–Crippen MR) is 155 cm³/mol. The van der Waals surface area contributed by atoms with Crippen molar-refractivity contribution < 1.29 is 0 Å². The van der Waals surface area contributed by atoms with Gasteiger partial charge >= 0.3 is 0 Å². The first-order valence-electron chi connectivity index (χ1n) is 12.8. The summed E-state index contributed by atoms with van der Waals surface area (Å²) in [5, 5.41) is 2.33. The van der Waals surface area contributed by atoms with Gasteiger partial charge in [0.15, 0.2) is 11.6 Å². The average Bonchev–Trinajstić information content (AvgIpc) is 3.35. The minimum Gasteiger partial charge on any atom is -0.353 e. The molecule has 6 nitrogen and oxygen atoms in total. The first-order chi connectivity index (χ1) is 17.9. The van der Waals surface area contributed by atoms with Gasteiger partial charge in [-0.15, -0.1) is 0 Å². The van der Waals surface area contributed by atoms with E-state index in [9.17, 15) is 0 Å². The fraction of sp³-hybridized carbons (Fsp3) is 0.226. The van der Waals surface area contributed by atoms with Crippen molar-refractivity contribution in [3.63, 3.8) is 0 Å². The lowest BCUT2D eigenvalue weighted by Crippen LogP contribution is -2.36. The molecule has 7 rings (SSSR count). The van der Waals surface area contributed by atoms with Gasteiger partial charge in [0.1, 0.15) is 6.17 Å². The van der Waals surface area contributed by atoms with Gasteiger partial charge in [-0.2, -0.15) is 0 Å². The van der Waals surface area contributed by atoms with Crippen LogP contribution in [-0.4, -0.2) is 36.9 Å². The van der Waals surface area contributed by atoms with Crippen molar-refractivity contribution in [3.8, 4) is 0 Å². The van der Waals surface area contributed by atoms with Crippen LogP contribution in [0.5, 0.6) is 0 Å². The second-order valence-corrected chi connectivity index (χ2v) is 10.4. The lowest BCUT2D eigenvalue weighted by Gasteiger charge is -2.31. The zero-order valence-electron chi connectivity index (χ0n) is 21.9. The van der Waals surface area contributed by atoms with E-state index >= 15 is 0 Å². The topological polar surface area (TPSA) is 38.7 Å². The number of rotatable bonds is 2. The summed E-state index contributed by atoms with van der Waals surface area (Å²) in [4.78, 5) is 19.6. The van der Waals surface area contributed by atoms with E-state index in [1.54, 1.807) is 0 Å². The number of anilines is 6. The Kier molecular flexibility index (Phi) is 4.64. The number of nitrogens with zero attached hydrogens (tertiary/aromatic N) is 6. The molecular weight excluding hydrogens is 456 g/mol. The molecule has 0 unspecified atom stereocenters. The molecule has 0 aliphatic carbocycles. The first-order valence-corrected chi connectivity index (χ1v) is 12.8. The minimum absolute atomic E-state index is 0.142. The molecular formula is C31H30N6. The predicted octanol–water partition coefficient (Wildman–Crippen LogP) is 6.88. The molecule has 0 radical (unpaired) electrons. The quantitative estimate of drug-likeness (QED) is 0.271. The van der Waals surface area contributed by atoms with Gasteiger partial charge in [-0.05, 0) is 68.3 Å². The first kappa shape index (κ1) is 21.9. The highest BCUT2D eigenvalue weighted by molar-refractivity contribution is 5.94. The fourth-order valence-corrected chi connectivity index (χ4v) is 5.87. The molecule has 2 aliphatic heterocycles. The van der Waals surface area contributed by atoms with Gasteiger partial charge in [0, 0.05) is 36.2 Å². The Morgan fingerprint density at radius 1 is 0.703 bits per heavy atom. The number of hydrogen-bond acceptors (Lipinski definition) is 6. The largest absolute Gasteiger partial charge is 0.353 e. The van der Waals surface area contributed by atoms with Crippen LogP contribution in [-0.2, 0) is 0 Å². The molecule has 0 amide bonds. The number of fused-ring (bicyclic) bond motifs is 4. The third-order valence-electron chi connectivity index (χ3n) is 7.98. The van der Waals surface area contributed by atoms with Gasteiger partial charge in [0.05, 0.1) is 29.1 Å². The molecule has 0 N–H and O–H groups in total. The Hall–Kier alpha value is -4.32. The van der Waals surface area contributed by atoms with Gasteiger partial charge in [-0.1, -0.05) is 36.4 Å². The van der Waals surface area contributed by atoms with Gasteiger partial charge in [0.2, 0.25) is 0 Å². The van der Waals surface area contributed by atoms with Gasteiger partial charge in [0.25, 0.3) is 0 Å². The maximum atomic E-state index is 5.14. The second-order valence-electron chi connectivity index (χ2n) is 10.4. The number of hydrogen-bond donors (Lipinski definition) is 0. The Balaban J connectivity index is 1.39. The Morgan fingerprint density at radius 3 is 2.00 bits per heavy atom. The summed E-state index contributed by atoms with van der Waals surface area (Å²) >= 11 is 0. The van der Waals surface area contributed by atoms with Crippen LogP contribution in [0, 0.1) is 13.8 Å². The maximum absolute atomic E-state index is 5.14. The maximum Gasteiger partial charge on any atom is 0.159 e. The van der Waals surface area contributed by atoms with E-state index < -0.39 is 0 Å². The highest BCUT2D eigenvalue weighted by Crippen LogP contribution is 2.48. The van der Waals surface area contributed by atoms with E-state index in [2.05, 4.69) is 127 Å². The molecule has 4 heterocycles. The van der Waals surface area contributed by atoms with E-state index in [0.717, 1.165) is 40.7 Å². The molecule has 37 heavy (non-hydrogen) atoms. The third-order valence-corrected chi connectivity index (χ3v) is 7.98. The molecule has 1 atom stereocenters. The van der Waals surface area contributed by atoms with Crippen LogP contribution in [0.15, 0.2) is 72.8 Å². The highest BCUT2D eigenvalue weighted by atomic mass is 15.4. The number of aromatic nitrogens is 2. The average molecular weight is 487 g/mol. The van der Waals surface area contributed by atoms with Crippen molar-refractivity contribution in [2.24, 2.45) is 0 Å². The molecule has 2 aliphatic rings. The molecule has 3 aromatic carbocycles. The summed E-state index contributed by atoms with van der Waals surface area (Å²) in [6.07, 6.45) is 0.142. The normalized spacial score (nSPS) is 16.7. The van der Waals surface area contributed by atoms with Gasteiger partial charge in [-0.3, -0.25) is 0 Å². The Labute approximate surface area is 217 Å². The van der Waals surface area contributed by atoms with E-state index in [1.807, 2.05) is 0 Å². The smallest absolute Gasteiger partial charge is 0.159 e. The van der Waals surface area contributed by atoms with Crippen molar-refractivity contribution in [1.82, 2.24) is 9.97 Å². The summed E-state index contributed by atoms with van der Waals surface area (Å²) in [7, 11) is 4.30. The van der Waals surface area contributed by atoms with Crippen molar-refractivity contribution in [1.29, 1.82) is 0 Å². The van der Waals surface area contributed by atoms with Crippen LogP contribution in [0.3, 0.4) is 0 Å². The summed E-state index contributed by atoms with van der Waals surface area (Å²) in [6, 6.07) is 25.8. The molecule has 6 heteroatoms. The van der Waals surface area contributed by atoms with E-state index in [1.165, 1.54) is 33.3 Å². The van der Waals surface area contributed by atoms with Crippen molar-refractivity contribution in [3.05, 3.63) is 83.9 Å². The summed E-state index contributed by atoms with van der Waals surface area (Å²) in [5.41, 5.74) is 9.18. The van der Waals surface area contributed by atoms with Crippen molar-refractivity contribution >= 4 is 56.2 Å². The summed E-state index contributed by atoms with van der Waals surface area (Å²) in [6.45, 7) is 7.42. The third kappa shape index (κ3) is 3.18. The van der Waals surface area contributed by atoms with E-state index in [0.29, 0.717) is 0 Å². The second kappa shape index (κ2) is 7.84. The monoisotopic (exact) mass is 486 g/mol. The molecule has 184 valence electrons. The lowest BCUT2D eigenvalue weighted by atomic mass is 10.1. The molecule has 0 saturated carbocycles. The number of para-hydroxylation sites is 2. The number of benzene rings is 3. The van der Waals surface area contributed by atoms with E-state index in [4.69, 9.17) is 9.97 Å². The van der Waals surface area contributed by atoms with Crippen LogP contribution < -0.4 is 19.6 Å². The van der Waals surface area contributed by atoms with Crippen molar-refractivity contribution in [2.75, 3.05) is 40.4 Å². The standard InChI is InChI=1S/C31H30N6/c1-19-14-26(36-18-34(4)28-16-22-10-6-8-12-24(22)32-30(28)36)20(2)27(15-19)37-21(3)35(5)29-17-23-11-7-9-13-25(23)33-31(29)37/h6-17,21H,18H2,1-5H3/t21-/m0/s1. The van der Waals surface area contributed by atoms with Gasteiger partial charge in [-0.25, -0.2) is 9.97 Å². The minimum atomic E-state index is 0.142. The molecule has 0 fully saturated rings. The van der Waals surface area contributed by atoms with Crippen LogP contribution in [0.2, 0.25) is 0 Å². The zero-order valence-corrected chi connectivity index (χ0v) is 21.9. The number of pyridine rings is 2. The SMILES string of the molecule is Cc1cc(N2CN(C)c3cc4ccccc4nc32)c(C)c(N2c3nc4ccccc4cc3N(C)[C@@H]2C)c1. The molecule has 0 spiro atoms. The zero-order chi connectivity index (χ0) is 25.4. The van der Waals surface area contributed by atoms with Crippen LogP contribution in [0.25, 0.3) is 21.8 Å².